The summed E-state index contributed by atoms with van der Waals surface area (Å²) in [6, 6.07) is 13.2. The van der Waals surface area contributed by atoms with Crippen LogP contribution in [0, 0.1) is 12.7 Å². The van der Waals surface area contributed by atoms with E-state index in [4.69, 9.17) is 9.47 Å². The van der Waals surface area contributed by atoms with Gasteiger partial charge in [0.1, 0.15) is 18.2 Å². The number of methoxy groups -OCH3 is 1. The van der Waals surface area contributed by atoms with E-state index in [1.54, 1.807) is 6.92 Å². The summed E-state index contributed by atoms with van der Waals surface area (Å²) in [5.74, 6) is -0.622. The number of esters is 1. The summed E-state index contributed by atoms with van der Waals surface area (Å²) in [5, 5.41) is 8.40. The Morgan fingerprint density at radius 3 is 2.64 bits per heavy atom. The van der Waals surface area contributed by atoms with Crippen molar-refractivity contribution >= 4 is 5.97 Å². The first kappa shape index (κ1) is 16.6. The van der Waals surface area contributed by atoms with Gasteiger partial charge in [0, 0.05) is 5.56 Å². The van der Waals surface area contributed by atoms with Crippen LogP contribution in [0.15, 0.2) is 48.5 Å². The van der Waals surface area contributed by atoms with Crippen LogP contribution in [0.2, 0.25) is 0 Å². The lowest BCUT2D eigenvalue weighted by molar-refractivity contribution is 0.0461. The highest BCUT2D eigenvalue weighted by Gasteiger charge is 2.18. The van der Waals surface area contributed by atoms with E-state index < -0.39 is 11.8 Å². The minimum atomic E-state index is -0.633. The van der Waals surface area contributed by atoms with Crippen molar-refractivity contribution in [2.75, 3.05) is 7.11 Å². The van der Waals surface area contributed by atoms with Crippen molar-refractivity contribution in [3.8, 4) is 11.4 Å². The SMILES string of the molecule is COc1ccc(F)cc1COC(=O)c1nn(-c2ccccc2)nc1C. The van der Waals surface area contributed by atoms with Gasteiger partial charge in [-0.2, -0.15) is 9.90 Å². The molecule has 128 valence electrons. The summed E-state index contributed by atoms with van der Waals surface area (Å²) in [4.78, 5) is 13.7. The first-order chi connectivity index (χ1) is 12.1. The molecule has 0 bridgehead atoms. The zero-order valence-electron chi connectivity index (χ0n) is 13.8. The fraction of sp³-hybridized carbons (Fsp3) is 0.167. The van der Waals surface area contributed by atoms with E-state index in [0.717, 1.165) is 5.69 Å². The second-order valence-corrected chi connectivity index (χ2v) is 5.29. The maximum atomic E-state index is 13.4. The Bertz CT molecular complexity index is 894. The van der Waals surface area contributed by atoms with Crippen LogP contribution in [0.25, 0.3) is 5.69 Å². The number of aryl methyl sites for hydroxylation is 1. The molecule has 0 N–H and O–H groups in total. The Morgan fingerprint density at radius 1 is 1.16 bits per heavy atom. The van der Waals surface area contributed by atoms with Crippen LogP contribution in [0.5, 0.6) is 5.75 Å². The van der Waals surface area contributed by atoms with Gasteiger partial charge in [-0.25, -0.2) is 9.18 Å². The zero-order valence-corrected chi connectivity index (χ0v) is 13.8. The van der Waals surface area contributed by atoms with Crippen LogP contribution >= 0.6 is 0 Å². The molecule has 0 unspecified atom stereocenters. The first-order valence-corrected chi connectivity index (χ1v) is 7.57. The molecule has 1 aromatic heterocycles. The van der Waals surface area contributed by atoms with E-state index in [1.165, 1.54) is 30.1 Å². The van der Waals surface area contributed by atoms with Crippen LogP contribution in [-0.4, -0.2) is 28.1 Å². The maximum absolute atomic E-state index is 13.4. The number of rotatable bonds is 5. The Kier molecular flexibility index (Phi) is 4.74. The summed E-state index contributed by atoms with van der Waals surface area (Å²) in [6.07, 6.45) is 0. The van der Waals surface area contributed by atoms with Gasteiger partial charge < -0.3 is 9.47 Å². The van der Waals surface area contributed by atoms with Crippen LogP contribution in [0.4, 0.5) is 4.39 Å². The Morgan fingerprint density at radius 2 is 1.92 bits per heavy atom. The molecule has 0 spiro atoms. The summed E-state index contributed by atoms with van der Waals surface area (Å²) in [7, 11) is 1.47. The number of benzene rings is 2. The number of carbonyl (C=O) groups excluding carboxylic acids is 1. The third-order valence-electron chi connectivity index (χ3n) is 3.56. The maximum Gasteiger partial charge on any atom is 0.361 e. The number of hydrogen-bond acceptors (Lipinski definition) is 5. The monoisotopic (exact) mass is 341 g/mol. The van der Waals surface area contributed by atoms with Crippen LogP contribution in [0.1, 0.15) is 21.7 Å². The Labute approximate surface area is 143 Å². The smallest absolute Gasteiger partial charge is 0.361 e. The molecule has 7 heteroatoms. The molecule has 0 aliphatic carbocycles. The number of halogens is 1. The minimum Gasteiger partial charge on any atom is -0.496 e. The number of carbonyl (C=O) groups is 1. The second-order valence-electron chi connectivity index (χ2n) is 5.29. The van der Waals surface area contributed by atoms with E-state index in [9.17, 15) is 9.18 Å². The lowest BCUT2D eigenvalue weighted by Gasteiger charge is -2.08. The summed E-state index contributed by atoms with van der Waals surface area (Å²) < 4.78 is 23.7. The van der Waals surface area contributed by atoms with Gasteiger partial charge in [0.05, 0.1) is 18.5 Å². The summed E-state index contributed by atoms with van der Waals surface area (Å²) in [5.41, 5.74) is 1.72. The normalized spacial score (nSPS) is 10.5. The van der Waals surface area contributed by atoms with Crippen molar-refractivity contribution in [3.63, 3.8) is 0 Å². The van der Waals surface area contributed by atoms with Gasteiger partial charge in [0.15, 0.2) is 5.69 Å². The highest BCUT2D eigenvalue weighted by molar-refractivity contribution is 5.88. The molecule has 0 radical (unpaired) electrons. The van der Waals surface area contributed by atoms with Gasteiger partial charge in [-0.3, -0.25) is 0 Å². The average Bonchev–Trinajstić information content (AvgIpc) is 3.02. The standard InChI is InChI=1S/C18H16FN3O3/c1-12-17(21-22(20-12)15-6-4-3-5-7-15)18(23)25-11-13-10-14(19)8-9-16(13)24-2/h3-10H,11H2,1-2H3. The largest absolute Gasteiger partial charge is 0.496 e. The molecule has 6 nitrogen and oxygen atoms in total. The van der Waals surface area contributed by atoms with Gasteiger partial charge in [-0.15, -0.1) is 5.10 Å². The highest BCUT2D eigenvalue weighted by atomic mass is 19.1. The van der Waals surface area contributed by atoms with Crippen molar-refractivity contribution in [2.45, 2.75) is 13.5 Å². The molecule has 0 amide bonds. The van der Waals surface area contributed by atoms with Crippen molar-refractivity contribution in [2.24, 2.45) is 0 Å². The van der Waals surface area contributed by atoms with Crippen LogP contribution in [0.3, 0.4) is 0 Å². The topological polar surface area (TPSA) is 66.2 Å². The van der Waals surface area contributed by atoms with Crippen molar-refractivity contribution in [3.05, 3.63) is 71.3 Å². The highest BCUT2D eigenvalue weighted by Crippen LogP contribution is 2.20. The van der Waals surface area contributed by atoms with Crippen molar-refractivity contribution < 1.29 is 18.7 Å². The van der Waals surface area contributed by atoms with E-state index in [-0.39, 0.29) is 12.3 Å². The molecule has 2 aromatic carbocycles. The molecular formula is C18H16FN3O3. The molecule has 3 aromatic rings. The molecular weight excluding hydrogens is 325 g/mol. The molecule has 0 saturated heterocycles. The molecule has 0 saturated carbocycles. The summed E-state index contributed by atoms with van der Waals surface area (Å²) >= 11 is 0. The molecule has 0 atom stereocenters. The first-order valence-electron chi connectivity index (χ1n) is 7.57. The van der Waals surface area contributed by atoms with Gasteiger partial charge in [0.2, 0.25) is 0 Å². The molecule has 1 heterocycles. The van der Waals surface area contributed by atoms with Gasteiger partial charge in [0.25, 0.3) is 0 Å². The number of hydrogen-bond donors (Lipinski definition) is 0. The third kappa shape index (κ3) is 3.65. The van der Waals surface area contributed by atoms with E-state index >= 15 is 0 Å². The van der Waals surface area contributed by atoms with Gasteiger partial charge in [-0.05, 0) is 37.3 Å². The van der Waals surface area contributed by atoms with Crippen molar-refractivity contribution in [1.82, 2.24) is 15.0 Å². The van der Waals surface area contributed by atoms with Gasteiger partial charge >= 0.3 is 5.97 Å². The zero-order chi connectivity index (χ0) is 17.8. The van der Waals surface area contributed by atoms with Crippen LogP contribution < -0.4 is 4.74 Å². The fourth-order valence-corrected chi connectivity index (χ4v) is 2.32. The molecule has 25 heavy (non-hydrogen) atoms. The molecule has 3 rings (SSSR count). The predicted octanol–water partition coefficient (Wildman–Crippen LogP) is 3.08. The molecule has 0 aliphatic rings. The third-order valence-corrected chi connectivity index (χ3v) is 3.56. The van der Waals surface area contributed by atoms with E-state index in [0.29, 0.717) is 17.0 Å². The lowest BCUT2D eigenvalue weighted by Crippen LogP contribution is -2.09. The van der Waals surface area contributed by atoms with Gasteiger partial charge in [-0.1, -0.05) is 18.2 Å². The summed E-state index contributed by atoms with van der Waals surface area (Å²) in [6.45, 7) is 1.54. The number of para-hydroxylation sites is 1. The Balaban J connectivity index is 1.76. The van der Waals surface area contributed by atoms with Crippen LogP contribution in [-0.2, 0) is 11.3 Å². The van der Waals surface area contributed by atoms with E-state index in [1.807, 2.05) is 30.3 Å². The second kappa shape index (κ2) is 7.12. The average molecular weight is 341 g/mol. The molecule has 0 aliphatic heterocycles. The molecule has 0 fully saturated rings. The lowest BCUT2D eigenvalue weighted by atomic mass is 10.2. The Hall–Kier alpha value is -3.22. The quantitative estimate of drug-likeness (QED) is 0.667. The number of aromatic nitrogens is 3. The van der Waals surface area contributed by atoms with Crippen molar-refractivity contribution in [1.29, 1.82) is 0 Å². The fourth-order valence-electron chi connectivity index (χ4n) is 2.32. The minimum absolute atomic E-state index is 0.110. The number of nitrogens with zero attached hydrogens (tertiary/aromatic N) is 3. The predicted molar refractivity (Wildman–Crippen MR) is 88.2 cm³/mol. The van der Waals surface area contributed by atoms with E-state index in [2.05, 4.69) is 10.2 Å². The number of ether oxygens (including phenoxy) is 2.